The number of hydrogen-bond acceptors (Lipinski definition) is 7. The van der Waals surface area contributed by atoms with Gasteiger partial charge in [-0.3, -0.25) is 9.59 Å². The second kappa shape index (κ2) is 10.4. The normalized spacial score (nSPS) is 15.4. The van der Waals surface area contributed by atoms with Crippen LogP contribution in [0.15, 0.2) is 96.6 Å². The summed E-state index contributed by atoms with van der Waals surface area (Å²) in [4.78, 5) is 33.3. The van der Waals surface area contributed by atoms with Crippen LogP contribution >= 0.6 is 0 Å². The Balaban J connectivity index is 1.29. The minimum absolute atomic E-state index is 0.0715. The SMILES string of the molecule is CC(Nc1ncnc2c(C(N)=O)cccc12)c1cccc(NC(=O)C2=COC=C(C3=CC=CCC3)O2)c1. The Bertz CT molecular complexity index is 1510. The number of nitrogens with zero attached hydrogens (tertiary/aromatic N) is 2. The molecule has 2 aliphatic rings. The van der Waals surface area contributed by atoms with Crippen molar-refractivity contribution in [2.24, 2.45) is 5.73 Å². The molecule has 0 saturated carbocycles. The van der Waals surface area contributed by atoms with Gasteiger partial charge in [0.05, 0.1) is 17.1 Å². The molecule has 2 heterocycles. The predicted molar refractivity (Wildman–Crippen MR) is 140 cm³/mol. The molecule has 9 heteroatoms. The van der Waals surface area contributed by atoms with Gasteiger partial charge >= 0.3 is 0 Å². The van der Waals surface area contributed by atoms with Gasteiger partial charge in [0.15, 0.2) is 5.76 Å². The Labute approximate surface area is 213 Å². The predicted octanol–water partition coefficient (Wildman–Crippen LogP) is 4.85. The van der Waals surface area contributed by atoms with Crippen LogP contribution in [0, 0.1) is 0 Å². The summed E-state index contributed by atoms with van der Waals surface area (Å²) in [5.41, 5.74) is 8.79. The topological polar surface area (TPSA) is 128 Å². The van der Waals surface area contributed by atoms with Gasteiger partial charge < -0.3 is 25.8 Å². The molecule has 1 aromatic heterocycles. The van der Waals surface area contributed by atoms with Gasteiger partial charge in [-0.15, -0.1) is 0 Å². The highest BCUT2D eigenvalue weighted by molar-refractivity contribution is 6.07. The molecule has 0 spiro atoms. The van der Waals surface area contributed by atoms with Crippen LogP contribution in [-0.2, 0) is 14.3 Å². The fourth-order valence-corrected chi connectivity index (χ4v) is 4.14. The van der Waals surface area contributed by atoms with Gasteiger partial charge in [-0.1, -0.05) is 36.4 Å². The van der Waals surface area contributed by atoms with E-state index in [2.05, 4.69) is 26.7 Å². The van der Waals surface area contributed by atoms with E-state index in [1.54, 1.807) is 18.2 Å². The van der Waals surface area contributed by atoms with Crippen molar-refractivity contribution in [1.29, 1.82) is 0 Å². The number of rotatable bonds is 7. The first-order valence-electron chi connectivity index (χ1n) is 11.8. The molecule has 0 radical (unpaired) electrons. The summed E-state index contributed by atoms with van der Waals surface area (Å²) < 4.78 is 11.2. The molecule has 0 saturated heterocycles. The summed E-state index contributed by atoms with van der Waals surface area (Å²) in [6.07, 6.45) is 11.9. The van der Waals surface area contributed by atoms with Gasteiger partial charge in [0, 0.05) is 11.1 Å². The van der Waals surface area contributed by atoms with E-state index in [1.807, 2.05) is 43.3 Å². The maximum atomic E-state index is 12.9. The molecular weight excluding hydrogens is 470 g/mol. The van der Waals surface area contributed by atoms with Gasteiger partial charge in [0.2, 0.25) is 5.76 Å². The second-order valence-electron chi connectivity index (χ2n) is 8.59. The summed E-state index contributed by atoms with van der Waals surface area (Å²) in [6.45, 7) is 1.97. The Morgan fingerprint density at radius 2 is 1.97 bits per heavy atom. The van der Waals surface area contributed by atoms with Crippen LogP contribution in [0.1, 0.15) is 41.7 Å². The monoisotopic (exact) mass is 495 g/mol. The lowest BCUT2D eigenvalue weighted by Crippen LogP contribution is -2.19. The number of carbonyl (C=O) groups excluding carboxylic acids is 2. The van der Waals surface area contributed by atoms with Crippen LogP contribution in [0.5, 0.6) is 0 Å². The molecule has 1 aliphatic heterocycles. The lowest BCUT2D eigenvalue weighted by atomic mass is 10.0. The van der Waals surface area contributed by atoms with Crippen LogP contribution in [0.2, 0.25) is 0 Å². The average Bonchev–Trinajstić information content (AvgIpc) is 2.93. The first kappa shape index (κ1) is 23.8. The summed E-state index contributed by atoms with van der Waals surface area (Å²) in [5.74, 6) is 0.196. The number of allylic oxidation sites excluding steroid dienone is 4. The zero-order valence-corrected chi connectivity index (χ0v) is 20.1. The summed E-state index contributed by atoms with van der Waals surface area (Å²) >= 11 is 0. The number of ether oxygens (including phenoxy) is 2. The van der Waals surface area contributed by atoms with E-state index in [1.165, 1.54) is 18.9 Å². The molecule has 37 heavy (non-hydrogen) atoms. The number of nitrogens with one attached hydrogen (secondary N) is 2. The number of primary amides is 1. The third-order valence-electron chi connectivity index (χ3n) is 6.05. The van der Waals surface area contributed by atoms with Crippen LogP contribution in [0.3, 0.4) is 0 Å². The van der Waals surface area contributed by atoms with Crippen molar-refractivity contribution in [1.82, 2.24) is 9.97 Å². The van der Waals surface area contributed by atoms with E-state index in [0.717, 1.165) is 24.0 Å². The molecule has 1 unspecified atom stereocenters. The zero-order chi connectivity index (χ0) is 25.8. The maximum absolute atomic E-state index is 12.9. The molecule has 9 nitrogen and oxygen atoms in total. The van der Waals surface area contributed by atoms with E-state index in [0.29, 0.717) is 33.7 Å². The summed E-state index contributed by atoms with van der Waals surface area (Å²) in [6, 6.07) is 12.5. The average molecular weight is 496 g/mol. The summed E-state index contributed by atoms with van der Waals surface area (Å²) in [7, 11) is 0. The fraction of sp³-hybridized carbons (Fsp3) is 0.143. The number of hydrogen-bond donors (Lipinski definition) is 3. The second-order valence-corrected chi connectivity index (χ2v) is 8.59. The van der Waals surface area contributed by atoms with Crippen LogP contribution < -0.4 is 16.4 Å². The molecule has 1 atom stereocenters. The first-order valence-corrected chi connectivity index (χ1v) is 11.8. The third kappa shape index (κ3) is 5.20. The molecule has 2 amide bonds. The number of fused-ring (bicyclic) bond motifs is 1. The van der Waals surface area contributed by atoms with Crippen molar-refractivity contribution in [2.45, 2.75) is 25.8 Å². The molecule has 4 N–H and O–H groups in total. The van der Waals surface area contributed by atoms with Crippen molar-refractivity contribution in [2.75, 3.05) is 10.6 Å². The third-order valence-corrected chi connectivity index (χ3v) is 6.05. The minimum atomic E-state index is -0.552. The number of nitrogens with two attached hydrogens (primary N) is 1. The molecular formula is C28H25N5O4. The fourth-order valence-electron chi connectivity index (χ4n) is 4.14. The van der Waals surface area contributed by atoms with Crippen LogP contribution in [0.25, 0.3) is 10.9 Å². The molecule has 3 aromatic rings. The molecule has 1 aliphatic carbocycles. The van der Waals surface area contributed by atoms with Crippen molar-refractivity contribution in [3.63, 3.8) is 0 Å². The van der Waals surface area contributed by atoms with Crippen LogP contribution in [0.4, 0.5) is 11.5 Å². The zero-order valence-electron chi connectivity index (χ0n) is 20.1. The Kier molecular flexibility index (Phi) is 6.67. The van der Waals surface area contributed by atoms with E-state index in [-0.39, 0.29) is 11.8 Å². The lowest BCUT2D eigenvalue weighted by Gasteiger charge is -2.20. The van der Waals surface area contributed by atoms with Gasteiger partial charge in [-0.05, 0) is 55.2 Å². The maximum Gasteiger partial charge on any atom is 0.294 e. The number of para-hydroxylation sites is 1. The molecule has 0 fully saturated rings. The standard InChI is InChI=1S/C28H25N5O4/c1-17(32-27-22-12-6-11-21(26(29)34)25(22)30-16-31-27)19-9-5-10-20(13-19)33-28(35)24-15-36-14-23(37-24)18-7-3-2-4-8-18/h2-3,5-7,9-17H,4,8H2,1H3,(H2,29,34)(H,33,35)(H,30,31,32). The number of carbonyl (C=O) groups is 2. The van der Waals surface area contributed by atoms with Crippen LogP contribution in [-0.4, -0.2) is 21.8 Å². The molecule has 5 rings (SSSR count). The Morgan fingerprint density at radius 3 is 2.78 bits per heavy atom. The quantitative estimate of drug-likeness (QED) is 0.427. The van der Waals surface area contributed by atoms with Crippen molar-refractivity contribution < 1.29 is 19.1 Å². The van der Waals surface area contributed by atoms with E-state index in [4.69, 9.17) is 15.2 Å². The van der Waals surface area contributed by atoms with Gasteiger partial charge in [-0.25, -0.2) is 9.97 Å². The van der Waals surface area contributed by atoms with E-state index in [9.17, 15) is 9.59 Å². The van der Waals surface area contributed by atoms with Crippen molar-refractivity contribution in [3.8, 4) is 0 Å². The highest BCUT2D eigenvalue weighted by atomic mass is 16.5. The highest BCUT2D eigenvalue weighted by Crippen LogP contribution is 2.28. The number of amides is 2. The number of aromatic nitrogens is 2. The van der Waals surface area contributed by atoms with E-state index >= 15 is 0 Å². The van der Waals surface area contributed by atoms with Gasteiger partial charge in [-0.2, -0.15) is 0 Å². The number of anilines is 2. The summed E-state index contributed by atoms with van der Waals surface area (Å²) in [5, 5.41) is 6.91. The first-order chi connectivity index (χ1) is 18.0. The molecule has 0 bridgehead atoms. The van der Waals surface area contributed by atoms with Gasteiger partial charge in [0.25, 0.3) is 11.8 Å². The van der Waals surface area contributed by atoms with Crippen molar-refractivity contribution >= 4 is 34.2 Å². The lowest BCUT2D eigenvalue weighted by molar-refractivity contribution is -0.115. The minimum Gasteiger partial charge on any atom is -0.465 e. The largest absolute Gasteiger partial charge is 0.465 e. The Hall–Kier alpha value is -4.92. The molecule has 186 valence electrons. The number of benzene rings is 2. The van der Waals surface area contributed by atoms with Gasteiger partial charge in [0.1, 0.15) is 24.7 Å². The molecule has 2 aromatic carbocycles. The van der Waals surface area contributed by atoms with E-state index < -0.39 is 11.8 Å². The Morgan fingerprint density at radius 1 is 1.11 bits per heavy atom. The smallest absolute Gasteiger partial charge is 0.294 e. The highest BCUT2D eigenvalue weighted by Gasteiger charge is 2.21. The van der Waals surface area contributed by atoms with Crippen molar-refractivity contribution in [3.05, 3.63) is 108 Å².